The Balaban J connectivity index is 1.98. The molecule has 1 aliphatic rings. The number of nitrogens with one attached hydrogen (secondary N) is 2. The Bertz CT molecular complexity index is 648. The molecule has 148 valence electrons. The summed E-state index contributed by atoms with van der Waals surface area (Å²) < 4.78 is 0. The topological polar surface area (TPSA) is 98.7 Å². The first-order valence-corrected chi connectivity index (χ1v) is 9.46. The zero-order chi connectivity index (χ0) is 19.8. The minimum Gasteiger partial charge on any atom is -0.481 e. The van der Waals surface area contributed by atoms with Gasteiger partial charge in [-0.1, -0.05) is 44.2 Å². The molecule has 1 aromatic rings. The van der Waals surface area contributed by atoms with Gasteiger partial charge in [-0.05, 0) is 24.3 Å². The first-order chi connectivity index (χ1) is 12.9. The van der Waals surface area contributed by atoms with Crippen LogP contribution in [0.4, 0.5) is 4.79 Å². The quantitative estimate of drug-likeness (QED) is 0.681. The maximum Gasteiger partial charge on any atom is 0.317 e. The largest absolute Gasteiger partial charge is 0.481 e. The number of aliphatic carboxylic acids is 1. The molecule has 0 saturated carbocycles. The molecule has 1 heterocycles. The molecule has 0 spiro atoms. The SMILES string of the molecule is CC(C)CNC(=O)N1CCCC(C(=O)NC(CC(=O)O)c2ccccc2)C1. The number of piperidine rings is 1. The lowest BCUT2D eigenvalue weighted by atomic mass is 9.95. The molecular formula is C20H29N3O4. The Labute approximate surface area is 160 Å². The average molecular weight is 375 g/mol. The first-order valence-electron chi connectivity index (χ1n) is 9.46. The number of amides is 3. The molecule has 27 heavy (non-hydrogen) atoms. The molecular weight excluding hydrogens is 346 g/mol. The molecule has 1 fully saturated rings. The Hall–Kier alpha value is -2.57. The lowest BCUT2D eigenvalue weighted by Gasteiger charge is -2.33. The summed E-state index contributed by atoms with van der Waals surface area (Å²) in [5.74, 6) is -1.14. The molecule has 7 nitrogen and oxygen atoms in total. The van der Waals surface area contributed by atoms with Gasteiger partial charge in [-0.25, -0.2) is 4.79 Å². The van der Waals surface area contributed by atoms with Crippen LogP contribution in [0.25, 0.3) is 0 Å². The second kappa shape index (κ2) is 9.94. The Morgan fingerprint density at radius 3 is 2.56 bits per heavy atom. The third kappa shape index (κ3) is 6.58. The van der Waals surface area contributed by atoms with Gasteiger partial charge in [0.05, 0.1) is 18.4 Å². The van der Waals surface area contributed by atoms with E-state index in [-0.39, 0.29) is 24.3 Å². The van der Waals surface area contributed by atoms with Crippen LogP contribution >= 0.6 is 0 Å². The van der Waals surface area contributed by atoms with Crippen LogP contribution in [-0.2, 0) is 9.59 Å². The van der Waals surface area contributed by atoms with Crippen LogP contribution in [0.5, 0.6) is 0 Å². The maximum atomic E-state index is 12.7. The summed E-state index contributed by atoms with van der Waals surface area (Å²) in [6.45, 7) is 5.63. The van der Waals surface area contributed by atoms with Gasteiger partial charge in [0.2, 0.25) is 5.91 Å². The molecule has 7 heteroatoms. The second-order valence-electron chi connectivity index (χ2n) is 7.43. The minimum atomic E-state index is -0.970. The van der Waals surface area contributed by atoms with E-state index in [2.05, 4.69) is 10.6 Å². The van der Waals surface area contributed by atoms with Gasteiger partial charge in [-0.3, -0.25) is 9.59 Å². The van der Waals surface area contributed by atoms with Gasteiger partial charge in [-0.15, -0.1) is 0 Å². The van der Waals surface area contributed by atoms with Gasteiger partial charge in [0.15, 0.2) is 0 Å². The van der Waals surface area contributed by atoms with Gasteiger partial charge in [0.1, 0.15) is 0 Å². The number of carbonyl (C=O) groups excluding carboxylic acids is 2. The number of nitrogens with zero attached hydrogens (tertiary/aromatic N) is 1. The van der Waals surface area contributed by atoms with Crippen LogP contribution in [0, 0.1) is 11.8 Å². The van der Waals surface area contributed by atoms with E-state index in [0.717, 1.165) is 12.0 Å². The zero-order valence-corrected chi connectivity index (χ0v) is 16.0. The van der Waals surface area contributed by atoms with E-state index in [1.807, 2.05) is 32.0 Å². The highest BCUT2D eigenvalue weighted by molar-refractivity contribution is 5.82. The number of carboxylic acid groups (broad SMARTS) is 1. The summed E-state index contributed by atoms with van der Waals surface area (Å²) in [7, 11) is 0. The Morgan fingerprint density at radius 1 is 1.22 bits per heavy atom. The lowest BCUT2D eigenvalue weighted by molar-refractivity contribution is -0.138. The fraction of sp³-hybridized carbons (Fsp3) is 0.550. The van der Waals surface area contributed by atoms with E-state index in [9.17, 15) is 19.5 Å². The molecule has 2 atom stereocenters. The highest BCUT2D eigenvalue weighted by Crippen LogP contribution is 2.21. The summed E-state index contributed by atoms with van der Waals surface area (Å²) in [6, 6.07) is 8.36. The van der Waals surface area contributed by atoms with Crippen molar-refractivity contribution in [1.29, 1.82) is 0 Å². The fourth-order valence-corrected chi connectivity index (χ4v) is 3.18. The van der Waals surface area contributed by atoms with Crippen molar-refractivity contribution in [3.05, 3.63) is 35.9 Å². The van der Waals surface area contributed by atoms with Crippen molar-refractivity contribution in [2.75, 3.05) is 19.6 Å². The van der Waals surface area contributed by atoms with Crippen molar-refractivity contribution >= 4 is 17.9 Å². The van der Waals surface area contributed by atoms with Crippen molar-refractivity contribution in [3.8, 4) is 0 Å². The molecule has 0 radical (unpaired) electrons. The molecule has 1 aliphatic heterocycles. The van der Waals surface area contributed by atoms with Crippen molar-refractivity contribution in [2.24, 2.45) is 11.8 Å². The predicted octanol–water partition coefficient (Wildman–Crippen LogP) is 2.40. The second-order valence-corrected chi connectivity index (χ2v) is 7.43. The standard InChI is InChI=1S/C20H29N3O4/c1-14(2)12-21-20(27)23-10-6-9-16(13-23)19(26)22-17(11-18(24)25)15-7-4-3-5-8-15/h3-5,7-8,14,16-17H,6,9-13H2,1-2H3,(H,21,27)(H,22,26)(H,24,25). The van der Waals surface area contributed by atoms with Crippen LogP contribution in [0.3, 0.4) is 0 Å². The number of carboxylic acids is 1. The number of urea groups is 1. The molecule has 3 N–H and O–H groups in total. The highest BCUT2D eigenvalue weighted by atomic mass is 16.4. The summed E-state index contributed by atoms with van der Waals surface area (Å²) in [6.07, 6.45) is 1.26. The van der Waals surface area contributed by atoms with Crippen molar-refractivity contribution < 1.29 is 19.5 Å². The van der Waals surface area contributed by atoms with Crippen LogP contribution < -0.4 is 10.6 Å². The minimum absolute atomic E-state index is 0.147. The van der Waals surface area contributed by atoms with Crippen molar-refractivity contribution in [1.82, 2.24) is 15.5 Å². The van der Waals surface area contributed by atoms with Crippen molar-refractivity contribution in [2.45, 2.75) is 39.2 Å². The number of likely N-dealkylation sites (tertiary alicyclic amines) is 1. The predicted molar refractivity (Wildman–Crippen MR) is 102 cm³/mol. The number of hydrogen-bond donors (Lipinski definition) is 3. The van der Waals surface area contributed by atoms with Crippen LogP contribution in [0.15, 0.2) is 30.3 Å². The normalized spacial score (nSPS) is 18.0. The van der Waals surface area contributed by atoms with E-state index >= 15 is 0 Å². The third-order valence-corrected chi connectivity index (χ3v) is 4.64. The van der Waals surface area contributed by atoms with Gasteiger partial charge in [0.25, 0.3) is 0 Å². The molecule has 2 unspecified atom stereocenters. The zero-order valence-electron chi connectivity index (χ0n) is 16.0. The number of rotatable bonds is 7. The third-order valence-electron chi connectivity index (χ3n) is 4.64. The van der Waals surface area contributed by atoms with E-state index in [4.69, 9.17) is 0 Å². The van der Waals surface area contributed by atoms with Gasteiger partial charge in [0, 0.05) is 19.6 Å². The smallest absolute Gasteiger partial charge is 0.317 e. The first kappa shape index (κ1) is 20.7. The summed E-state index contributed by atoms with van der Waals surface area (Å²) >= 11 is 0. The molecule has 0 aliphatic carbocycles. The van der Waals surface area contributed by atoms with E-state index in [1.54, 1.807) is 17.0 Å². The molecule has 1 saturated heterocycles. The summed E-state index contributed by atoms with van der Waals surface area (Å²) in [5, 5.41) is 14.9. The highest BCUT2D eigenvalue weighted by Gasteiger charge is 2.30. The Kier molecular flexibility index (Phi) is 7.64. The van der Waals surface area contributed by atoms with Gasteiger partial charge in [-0.2, -0.15) is 0 Å². The molecule has 0 aromatic heterocycles. The summed E-state index contributed by atoms with van der Waals surface area (Å²) in [4.78, 5) is 37.9. The van der Waals surface area contributed by atoms with Crippen LogP contribution in [0.1, 0.15) is 44.7 Å². The average Bonchev–Trinajstić information content (AvgIpc) is 2.66. The Morgan fingerprint density at radius 2 is 1.93 bits per heavy atom. The number of hydrogen-bond acceptors (Lipinski definition) is 3. The van der Waals surface area contributed by atoms with Gasteiger partial charge < -0.3 is 20.6 Å². The molecule has 2 rings (SSSR count). The van der Waals surface area contributed by atoms with E-state index < -0.39 is 12.0 Å². The number of carbonyl (C=O) groups is 3. The monoisotopic (exact) mass is 375 g/mol. The fourth-order valence-electron chi connectivity index (χ4n) is 3.18. The number of benzene rings is 1. The van der Waals surface area contributed by atoms with E-state index in [0.29, 0.717) is 32.0 Å². The van der Waals surface area contributed by atoms with Crippen LogP contribution in [-0.4, -0.2) is 47.5 Å². The lowest BCUT2D eigenvalue weighted by Crippen LogP contribution is -2.49. The van der Waals surface area contributed by atoms with Gasteiger partial charge >= 0.3 is 12.0 Å². The maximum absolute atomic E-state index is 12.7. The van der Waals surface area contributed by atoms with E-state index in [1.165, 1.54) is 0 Å². The molecule has 1 aromatic carbocycles. The van der Waals surface area contributed by atoms with Crippen molar-refractivity contribution in [3.63, 3.8) is 0 Å². The van der Waals surface area contributed by atoms with Crippen LogP contribution in [0.2, 0.25) is 0 Å². The summed E-state index contributed by atoms with van der Waals surface area (Å²) in [5.41, 5.74) is 0.760. The molecule has 0 bridgehead atoms. The molecule has 3 amide bonds.